The van der Waals surface area contributed by atoms with Gasteiger partial charge in [-0.1, -0.05) is 18.2 Å². The second-order valence-corrected chi connectivity index (χ2v) is 6.15. The third kappa shape index (κ3) is 5.41. The highest BCUT2D eigenvalue weighted by molar-refractivity contribution is 5.97. The summed E-state index contributed by atoms with van der Waals surface area (Å²) in [5, 5.41) is 2.81. The van der Waals surface area contributed by atoms with E-state index in [1.54, 1.807) is 36.7 Å². The van der Waals surface area contributed by atoms with Gasteiger partial charge in [-0.2, -0.15) is 0 Å². The van der Waals surface area contributed by atoms with Crippen molar-refractivity contribution < 1.29 is 14.3 Å². The zero-order valence-electron chi connectivity index (χ0n) is 15.5. The first-order valence-electron chi connectivity index (χ1n) is 8.88. The number of rotatable bonds is 7. The Kier molecular flexibility index (Phi) is 6.36. The van der Waals surface area contributed by atoms with Crippen molar-refractivity contribution in [2.24, 2.45) is 0 Å². The maximum atomic E-state index is 12.3. The maximum absolute atomic E-state index is 12.3. The molecule has 142 valence electrons. The molecule has 0 fully saturated rings. The van der Waals surface area contributed by atoms with Gasteiger partial charge in [-0.3, -0.25) is 14.6 Å². The van der Waals surface area contributed by atoms with Crippen molar-refractivity contribution in [3.8, 4) is 11.5 Å². The quantitative estimate of drug-likeness (QED) is 0.686. The number of para-hydroxylation sites is 1. The van der Waals surface area contributed by atoms with Crippen molar-refractivity contribution in [2.75, 3.05) is 11.4 Å². The molecule has 28 heavy (non-hydrogen) atoms. The predicted octanol–water partition coefficient (Wildman–Crippen LogP) is 3.54. The Bertz CT molecular complexity index is 913. The normalized spacial score (nSPS) is 10.2. The molecule has 3 rings (SSSR count). The molecule has 0 saturated carbocycles. The smallest absolute Gasteiger partial charge is 0.240 e. The van der Waals surface area contributed by atoms with Crippen LogP contribution in [0, 0.1) is 0 Å². The minimum absolute atomic E-state index is 0.0562. The van der Waals surface area contributed by atoms with Crippen LogP contribution in [-0.2, 0) is 16.1 Å². The molecule has 2 amide bonds. The Labute approximate surface area is 163 Å². The SMILES string of the molecule is CC(=O)N(CC(=O)NCc1ccncc1)c1ccc(Oc2ccccc2)cc1. The molecule has 6 heteroatoms. The van der Waals surface area contributed by atoms with Gasteiger partial charge in [0.15, 0.2) is 0 Å². The number of hydrogen-bond donors (Lipinski definition) is 1. The Morgan fingerprint density at radius 2 is 1.57 bits per heavy atom. The number of anilines is 1. The zero-order chi connectivity index (χ0) is 19.8. The lowest BCUT2D eigenvalue weighted by Crippen LogP contribution is -2.39. The summed E-state index contributed by atoms with van der Waals surface area (Å²) >= 11 is 0. The van der Waals surface area contributed by atoms with E-state index in [2.05, 4.69) is 10.3 Å². The first-order chi connectivity index (χ1) is 13.6. The van der Waals surface area contributed by atoms with E-state index in [1.807, 2.05) is 42.5 Å². The summed E-state index contributed by atoms with van der Waals surface area (Å²) in [6.45, 7) is 1.76. The predicted molar refractivity (Wildman–Crippen MR) is 107 cm³/mol. The molecule has 0 aliphatic heterocycles. The van der Waals surface area contributed by atoms with E-state index in [0.29, 0.717) is 18.0 Å². The van der Waals surface area contributed by atoms with Gasteiger partial charge >= 0.3 is 0 Å². The lowest BCUT2D eigenvalue weighted by atomic mass is 10.2. The highest BCUT2D eigenvalue weighted by Gasteiger charge is 2.16. The van der Waals surface area contributed by atoms with Crippen molar-refractivity contribution in [2.45, 2.75) is 13.5 Å². The van der Waals surface area contributed by atoms with Gasteiger partial charge in [0.25, 0.3) is 0 Å². The molecular formula is C22H21N3O3. The summed E-state index contributed by atoms with van der Waals surface area (Å²) in [6.07, 6.45) is 3.34. The molecule has 0 aliphatic carbocycles. The van der Waals surface area contributed by atoms with Crippen molar-refractivity contribution in [3.05, 3.63) is 84.7 Å². The molecule has 1 N–H and O–H groups in total. The summed E-state index contributed by atoms with van der Waals surface area (Å²) in [5.74, 6) is 0.933. The van der Waals surface area contributed by atoms with Crippen LogP contribution in [0.25, 0.3) is 0 Å². The molecule has 1 heterocycles. The van der Waals surface area contributed by atoms with Crippen LogP contribution in [0.1, 0.15) is 12.5 Å². The van der Waals surface area contributed by atoms with Crippen molar-refractivity contribution in [1.82, 2.24) is 10.3 Å². The van der Waals surface area contributed by atoms with Crippen molar-refractivity contribution >= 4 is 17.5 Å². The molecule has 2 aromatic carbocycles. The van der Waals surface area contributed by atoms with Gasteiger partial charge < -0.3 is 15.0 Å². The molecule has 0 spiro atoms. The van der Waals surface area contributed by atoms with Crippen LogP contribution in [0.3, 0.4) is 0 Å². The van der Waals surface area contributed by atoms with Crippen LogP contribution >= 0.6 is 0 Å². The largest absolute Gasteiger partial charge is 0.457 e. The topological polar surface area (TPSA) is 71.5 Å². The van der Waals surface area contributed by atoms with Gasteiger partial charge in [0, 0.05) is 31.5 Å². The Morgan fingerprint density at radius 3 is 2.21 bits per heavy atom. The Morgan fingerprint density at radius 1 is 0.929 bits per heavy atom. The van der Waals surface area contributed by atoms with Crippen LogP contribution in [-0.4, -0.2) is 23.3 Å². The van der Waals surface area contributed by atoms with E-state index in [1.165, 1.54) is 11.8 Å². The fraction of sp³-hybridized carbons (Fsp3) is 0.136. The Balaban J connectivity index is 1.61. The van der Waals surface area contributed by atoms with Gasteiger partial charge in [0.2, 0.25) is 11.8 Å². The average Bonchev–Trinajstić information content (AvgIpc) is 2.72. The minimum atomic E-state index is -0.239. The lowest BCUT2D eigenvalue weighted by Gasteiger charge is -2.21. The van der Waals surface area contributed by atoms with Gasteiger partial charge in [-0.05, 0) is 54.1 Å². The second-order valence-electron chi connectivity index (χ2n) is 6.15. The number of nitrogens with zero attached hydrogens (tertiary/aromatic N) is 2. The van der Waals surface area contributed by atoms with Crippen LogP contribution in [0.4, 0.5) is 5.69 Å². The maximum Gasteiger partial charge on any atom is 0.240 e. The summed E-state index contributed by atoms with van der Waals surface area (Å²) < 4.78 is 5.75. The number of nitrogens with one attached hydrogen (secondary N) is 1. The van der Waals surface area contributed by atoms with Crippen LogP contribution in [0.5, 0.6) is 11.5 Å². The number of ether oxygens (including phenoxy) is 1. The first kappa shape index (κ1) is 19.1. The summed E-state index contributed by atoms with van der Waals surface area (Å²) in [6, 6.07) is 20.2. The summed E-state index contributed by atoms with van der Waals surface area (Å²) in [5.41, 5.74) is 1.58. The number of pyridine rings is 1. The van der Waals surface area contributed by atoms with Crippen molar-refractivity contribution in [3.63, 3.8) is 0 Å². The minimum Gasteiger partial charge on any atom is -0.457 e. The van der Waals surface area contributed by atoms with Gasteiger partial charge in [-0.25, -0.2) is 0 Å². The number of carbonyl (C=O) groups excluding carboxylic acids is 2. The number of benzene rings is 2. The molecular weight excluding hydrogens is 354 g/mol. The third-order valence-corrected chi connectivity index (χ3v) is 4.05. The van der Waals surface area contributed by atoms with Crippen LogP contribution in [0.15, 0.2) is 79.1 Å². The monoisotopic (exact) mass is 375 g/mol. The zero-order valence-corrected chi connectivity index (χ0v) is 15.5. The fourth-order valence-corrected chi connectivity index (χ4v) is 2.60. The number of hydrogen-bond acceptors (Lipinski definition) is 4. The number of aromatic nitrogens is 1. The summed E-state index contributed by atoms with van der Waals surface area (Å²) in [7, 11) is 0. The summed E-state index contributed by atoms with van der Waals surface area (Å²) in [4.78, 5) is 29.7. The van der Waals surface area contributed by atoms with E-state index < -0.39 is 0 Å². The molecule has 1 aromatic heterocycles. The number of carbonyl (C=O) groups is 2. The number of amides is 2. The fourth-order valence-electron chi connectivity index (χ4n) is 2.60. The van der Waals surface area contributed by atoms with Crippen LogP contribution in [0.2, 0.25) is 0 Å². The first-order valence-corrected chi connectivity index (χ1v) is 8.88. The molecule has 0 aliphatic rings. The highest BCUT2D eigenvalue weighted by atomic mass is 16.5. The van der Waals surface area contributed by atoms with Gasteiger partial charge in [0.05, 0.1) is 0 Å². The highest BCUT2D eigenvalue weighted by Crippen LogP contribution is 2.24. The molecule has 0 saturated heterocycles. The average molecular weight is 375 g/mol. The second kappa shape index (κ2) is 9.32. The molecule has 0 unspecified atom stereocenters. The molecule has 0 bridgehead atoms. The van der Waals surface area contributed by atoms with E-state index in [9.17, 15) is 9.59 Å². The lowest BCUT2D eigenvalue weighted by molar-refractivity contribution is -0.123. The van der Waals surface area contributed by atoms with E-state index in [0.717, 1.165) is 11.3 Å². The molecule has 0 atom stereocenters. The molecule has 6 nitrogen and oxygen atoms in total. The third-order valence-electron chi connectivity index (χ3n) is 4.05. The standard InChI is InChI=1S/C22H21N3O3/c1-17(26)25(16-22(27)24-15-18-11-13-23-14-12-18)19-7-9-21(10-8-19)28-20-5-3-2-4-6-20/h2-14H,15-16H2,1H3,(H,24,27). The van der Waals surface area contributed by atoms with Crippen molar-refractivity contribution in [1.29, 1.82) is 0 Å². The van der Waals surface area contributed by atoms with Gasteiger partial charge in [-0.15, -0.1) is 0 Å². The molecule has 0 radical (unpaired) electrons. The van der Waals surface area contributed by atoms with Crippen LogP contribution < -0.4 is 15.0 Å². The van der Waals surface area contributed by atoms with E-state index >= 15 is 0 Å². The van der Waals surface area contributed by atoms with E-state index in [4.69, 9.17) is 4.74 Å². The Hall–Kier alpha value is -3.67. The molecule has 3 aromatic rings. The van der Waals surface area contributed by atoms with Gasteiger partial charge in [0.1, 0.15) is 18.0 Å². The van der Waals surface area contributed by atoms with E-state index in [-0.39, 0.29) is 18.4 Å².